The first kappa shape index (κ1) is 18.1. The molecule has 2 aliphatic rings. The molecular formula is C24H20N4O2. The maximum atomic E-state index is 12.8. The second-order valence-corrected chi connectivity index (χ2v) is 7.48. The van der Waals surface area contributed by atoms with Crippen molar-refractivity contribution in [2.24, 2.45) is 0 Å². The summed E-state index contributed by atoms with van der Waals surface area (Å²) in [4.78, 5) is 32.8. The van der Waals surface area contributed by atoms with Gasteiger partial charge in [-0.15, -0.1) is 0 Å². The molecule has 0 aliphatic carbocycles. The van der Waals surface area contributed by atoms with Gasteiger partial charge in [0.05, 0.1) is 16.9 Å². The Balaban J connectivity index is 1.66. The lowest BCUT2D eigenvalue weighted by Crippen LogP contribution is -2.19. The number of carbonyl (C=O) groups is 2. The molecule has 2 aliphatic heterocycles. The van der Waals surface area contributed by atoms with Crippen molar-refractivity contribution in [1.82, 2.24) is 9.88 Å². The van der Waals surface area contributed by atoms with Crippen molar-refractivity contribution in [3.8, 4) is 0 Å². The van der Waals surface area contributed by atoms with Crippen molar-refractivity contribution in [2.75, 3.05) is 17.3 Å². The zero-order valence-electron chi connectivity index (χ0n) is 16.7. The molecule has 6 heteroatoms. The van der Waals surface area contributed by atoms with Crippen molar-refractivity contribution in [3.05, 3.63) is 83.0 Å². The van der Waals surface area contributed by atoms with Crippen LogP contribution in [0.3, 0.4) is 0 Å². The Kier molecular flexibility index (Phi) is 4.13. The number of hydrogen-bond donors (Lipinski definition) is 1. The summed E-state index contributed by atoms with van der Waals surface area (Å²) in [7, 11) is 1.81. The third-order valence-corrected chi connectivity index (χ3v) is 5.44. The summed E-state index contributed by atoms with van der Waals surface area (Å²) in [6.45, 7) is 2.04. The van der Waals surface area contributed by atoms with Gasteiger partial charge >= 0.3 is 0 Å². The summed E-state index contributed by atoms with van der Waals surface area (Å²) in [6.07, 6.45) is 3.81. The molecule has 0 saturated carbocycles. The number of carbonyl (C=O) groups excluding carboxylic acids is 2. The van der Waals surface area contributed by atoms with E-state index in [1.807, 2.05) is 60.7 Å². The van der Waals surface area contributed by atoms with Crippen LogP contribution in [0.15, 0.2) is 60.8 Å². The Morgan fingerprint density at radius 1 is 1.10 bits per heavy atom. The number of pyridine rings is 1. The van der Waals surface area contributed by atoms with Gasteiger partial charge < -0.3 is 15.1 Å². The van der Waals surface area contributed by atoms with Crippen molar-refractivity contribution in [1.29, 1.82) is 0 Å². The molecule has 148 valence electrons. The maximum absolute atomic E-state index is 12.8. The highest BCUT2D eigenvalue weighted by Crippen LogP contribution is 2.45. The molecule has 1 aromatic heterocycles. The van der Waals surface area contributed by atoms with Gasteiger partial charge in [-0.1, -0.05) is 18.2 Å². The highest BCUT2D eigenvalue weighted by Gasteiger charge is 2.35. The molecular weight excluding hydrogens is 376 g/mol. The lowest BCUT2D eigenvalue weighted by molar-refractivity contribution is -0.114. The van der Waals surface area contributed by atoms with Crippen molar-refractivity contribution in [3.63, 3.8) is 0 Å². The first-order valence-corrected chi connectivity index (χ1v) is 9.75. The predicted octanol–water partition coefficient (Wildman–Crippen LogP) is 4.28. The topological polar surface area (TPSA) is 65.5 Å². The first-order chi connectivity index (χ1) is 14.5. The van der Waals surface area contributed by atoms with Gasteiger partial charge in [0, 0.05) is 43.5 Å². The second-order valence-electron chi connectivity index (χ2n) is 7.48. The molecule has 2 aromatic carbocycles. The molecule has 0 atom stereocenters. The highest BCUT2D eigenvalue weighted by atomic mass is 16.2. The number of nitrogens with zero attached hydrogens (tertiary/aromatic N) is 3. The van der Waals surface area contributed by atoms with Crippen LogP contribution in [-0.2, 0) is 11.3 Å². The van der Waals surface area contributed by atoms with Crippen LogP contribution in [0.2, 0.25) is 0 Å². The number of fused-ring (bicyclic) bond motifs is 1. The minimum Gasteiger partial charge on any atom is -0.326 e. The molecule has 5 rings (SSSR count). The molecule has 0 saturated heterocycles. The van der Waals surface area contributed by atoms with E-state index >= 15 is 0 Å². The van der Waals surface area contributed by atoms with Crippen LogP contribution in [0.5, 0.6) is 0 Å². The minimum absolute atomic E-state index is 0.00181. The van der Waals surface area contributed by atoms with E-state index < -0.39 is 0 Å². The molecule has 0 radical (unpaired) electrons. The highest BCUT2D eigenvalue weighted by molar-refractivity contribution is 6.15. The van der Waals surface area contributed by atoms with Crippen LogP contribution in [-0.4, -0.2) is 28.7 Å². The van der Waals surface area contributed by atoms with E-state index in [2.05, 4.69) is 15.2 Å². The van der Waals surface area contributed by atoms with Crippen LogP contribution in [0.1, 0.15) is 34.0 Å². The summed E-state index contributed by atoms with van der Waals surface area (Å²) >= 11 is 0. The van der Waals surface area contributed by atoms with Gasteiger partial charge in [-0.3, -0.25) is 9.59 Å². The maximum Gasteiger partial charge on any atom is 0.258 e. The van der Waals surface area contributed by atoms with Gasteiger partial charge in [0.2, 0.25) is 5.91 Å². The summed E-state index contributed by atoms with van der Waals surface area (Å²) in [6, 6.07) is 17.5. The minimum atomic E-state index is -0.106. The molecule has 30 heavy (non-hydrogen) atoms. The standard InChI is InChI=1S/C24H20N4O2/c1-15(29)26-18-8-3-6-16(12-18)14-28-20-10-4-9-19-22(20)21(27(2)24(19)30)13-17-7-5-11-25-23(17)28/h3-13H,14H2,1-2H3,(H,26,29). The van der Waals surface area contributed by atoms with E-state index in [4.69, 9.17) is 0 Å². The molecule has 6 nitrogen and oxygen atoms in total. The zero-order chi connectivity index (χ0) is 20.8. The van der Waals surface area contributed by atoms with Gasteiger partial charge in [0.15, 0.2) is 0 Å². The number of benzene rings is 2. The normalized spacial score (nSPS) is 14.1. The monoisotopic (exact) mass is 396 g/mol. The van der Waals surface area contributed by atoms with Gasteiger partial charge in [-0.25, -0.2) is 4.98 Å². The van der Waals surface area contributed by atoms with E-state index in [9.17, 15) is 9.59 Å². The fraction of sp³-hybridized carbons (Fsp3) is 0.125. The molecule has 0 unspecified atom stereocenters. The van der Waals surface area contributed by atoms with Crippen LogP contribution >= 0.6 is 0 Å². The van der Waals surface area contributed by atoms with Crippen molar-refractivity contribution >= 4 is 40.8 Å². The molecule has 0 fully saturated rings. The van der Waals surface area contributed by atoms with E-state index in [0.717, 1.165) is 39.6 Å². The molecule has 0 bridgehead atoms. The number of aromatic nitrogens is 1. The largest absolute Gasteiger partial charge is 0.326 e. The molecule has 0 spiro atoms. The second kappa shape index (κ2) is 6.84. The number of hydrogen-bond acceptors (Lipinski definition) is 4. The third-order valence-electron chi connectivity index (χ3n) is 5.44. The van der Waals surface area contributed by atoms with Crippen molar-refractivity contribution in [2.45, 2.75) is 13.5 Å². The summed E-state index contributed by atoms with van der Waals surface area (Å²) in [5, 5.41) is 2.84. The molecule has 3 heterocycles. The Morgan fingerprint density at radius 3 is 2.77 bits per heavy atom. The van der Waals surface area contributed by atoms with E-state index in [-0.39, 0.29) is 11.8 Å². The average molecular weight is 396 g/mol. The summed E-state index contributed by atoms with van der Waals surface area (Å²) in [5.74, 6) is 0.724. The van der Waals surface area contributed by atoms with Crippen LogP contribution < -0.4 is 10.2 Å². The number of anilines is 3. The van der Waals surface area contributed by atoms with Gasteiger partial charge in [0.1, 0.15) is 5.82 Å². The quantitative estimate of drug-likeness (QED) is 0.718. The Hall–Kier alpha value is -3.93. The number of amides is 2. The van der Waals surface area contributed by atoms with Gasteiger partial charge in [0.25, 0.3) is 5.91 Å². The molecule has 3 aromatic rings. The molecule has 2 amide bonds. The van der Waals surface area contributed by atoms with E-state index in [1.54, 1.807) is 18.1 Å². The van der Waals surface area contributed by atoms with Crippen molar-refractivity contribution < 1.29 is 9.59 Å². The lowest BCUT2D eigenvalue weighted by atomic mass is 10.0. The predicted molar refractivity (Wildman–Crippen MR) is 117 cm³/mol. The van der Waals surface area contributed by atoms with Crippen LogP contribution in [0.25, 0.3) is 11.8 Å². The average Bonchev–Trinajstić information content (AvgIpc) is 2.89. The third kappa shape index (κ3) is 2.85. The Morgan fingerprint density at radius 2 is 1.93 bits per heavy atom. The zero-order valence-corrected chi connectivity index (χ0v) is 16.7. The van der Waals surface area contributed by atoms with Crippen LogP contribution in [0.4, 0.5) is 17.2 Å². The van der Waals surface area contributed by atoms with Crippen LogP contribution in [0, 0.1) is 0 Å². The number of nitrogens with one attached hydrogen (secondary N) is 1. The Labute approximate surface area is 174 Å². The smallest absolute Gasteiger partial charge is 0.258 e. The van der Waals surface area contributed by atoms with Gasteiger partial charge in [-0.05, 0) is 48.0 Å². The lowest BCUT2D eigenvalue weighted by Gasteiger charge is -2.26. The first-order valence-electron chi connectivity index (χ1n) is 9.75. The molecule has 1 N–H and O–H groups in total. The SMILES string of the molecule is CC(=O)Nc1cccc(CN2c3cccc4c3C(=Cc3cccnc32)N(C)C4=O)c1. The fourth-order valence-electron chi connectivity index (χ4n) is 4.14. The van der Waals surface area contributed by atoms with E-state index in [0.29, 0.717) is 12.1 Å². The van der Waals surface area contributed by atoms with Gasteiger partial charge in [-0.2, -0.15) is 0 Å². The Bertz CT molecular complexity index is 1230. The fourth-order valence-corrected chi connectivity index (χ4v) is 4.14. The summed E-state index contributed by atoms with van der Waals surface area (Å²) < 4.78 is 0. The summed E-state index contributed by atoms with van der Waals surface area (Å²) in [5.41, 5.74) is 6.19. The van der Waals surface area contributed by atoms with E-state index in [1.165, 1.54) is 6.92 Å². The number of rotatable bonds is 3.